The molecule has 94 valence electrons. The smallest absolute Gasteiger partial charge is 0.320 e. The number of thiophene rings is 1. The highest BCUT2D eigenvalue weighted by Crippen LogP contribution is 2.20. The van der Waals surface area contributed by atoms with Gasteiger partial charge in [-0.05, 0) is 30.2 Å². The summed E-state index contributed by atoms with van der Waals surface area (Å²) in [5.74, 6) is -0.574. The van der Waals surface area contributed by atoms with Gasteiger partial charge in [0.2, 0.25) is 0 Å². The average Bonchev–Trinajstić information content (AvgIpc) is 2.83. The topological polar surface area (TPSA) is 58.6 Å². The number of carboxylic acid groups (broad SMARTS) is 1. The molecular formula is C12H17NO3S. The molecule has 2 heterocycles. The second-order valence-corrected chi connectivity index (χ2v) is 5.26. The van der Waals surface area contributed by atoms with Gasteiger partial charge in [0.05, 0.1) is 0 Å². The first-order valence-electron chi connectivity index (χ1n) is 5.83. The van der Waals surface area contributed by atoms with Gasteiger partial charge in [-0.1, -0.05) is 6.07 Å². The molecule has 0 amide bonds. The van der Waals surface area contributed by atoms with Crippen LogP contribution < -0.4 is 5.32 Å². The van der Waals surface area contributed by atoms with Crippen LogP contribution in [-0.4, -0.2) is 30.3 Å². The van der Waals surface area contributed by atoms with Crippen LogP contribution in [0.3, 0.4) is 0 Å². The number of carbonyl (C=O) groups is 1. The van der Waals surface area contributed by atoms with Gasteiger partial charge < -0.3 is 9.84 Å². The zero-order chi connectivity index (χ0) is 12.1. The van der Waals surface area contributed by atoms with Gasteiger partial charge in [0.15, 0.2) is 0 Å². The molecule has 1 unspecified atom stereocenters. The van der Waals surface area contributed by atoms with Gasteiger partial charge >= 0.3 is 5.97 Å². The van der Waals surface area contributed by atoms with Crippen LogP contribution in [0, 0.1) is 5.92 Å². The summed E-state index contributed by atoms with van der Waals surface area (Å²) >= 11 is 1.64. The van der Waals surface area contributed by atoms with Gasteiger partial charge in [-0.25, -0.2) is 0 Å². The summed E-state index contributed by atoms with van der Waals surface area (Å²) in [5.41, 5.74) is 0. The van der Waals surface area contributed by atoms with Gasteiger partial charge in [-0.3, -0.25) is 10.1 Å². The summed E-state index contributed by atoms with van der Waals surface area (Å²) in [5, 5.41) is 14.4. The van der Waals surface area contributed by atoms with Crippen molar-refractivity contribution in [3.05, 3.63) is 22.4 Å². The van der Waals surface area contributed by atoms with Crippen molar-refractivity contribution in [2.24, 2.45) is 5.92 Å². The molecule has 0 aromatic carbocycles. The highest BCUT2D eigenvalue weighted by Gasteiger charge is 2.29. The van der Waals surface area contributed by atoms with Gasteiger partial charge in [0, 0.05) is 24.6 Å². The molecule has 1 aliphatic heterocycles. The predicted molar refractivity (Wildman–Crippen MR) is 66.1 cm³/mol. The number of aliphatic carboxylic acids is 1. The summed E-state index contributed by atoms with van der Waals surface area (Å²) in [4.78, 5) is 12.4. The first-order chi connectivity index (χ1) is 8.27. The molecule has 1 fully saturated rings. The fourth-order valence-corrected chi connectivity index (χ4v) is 2.78. The van der Waals surface area contributed by atoms with E-state index in [1.54, 1.807) is 11.3 Å². The molecule has 1 aliphatic rings. The largest absolute Gasteiger partial charge is 0.480 e. The molecule has 5 heteroatoms. The first kappa shape index (κ1) is 12.5. The Morgan fingerprint density at radius 1 is 1.59 bits per heavy atom. The summed E-state index contributed by atoms with van der Waals surface area (Å²) in [7, 11) is 0. The van der Waals surface area contributed by atoms with Crippen molar-refractivity contribution in [2.45, 2.75) is 25.4 Å². The molecule has 1 saturated heterocycles. The highest BCUT2D eigenvalue weighted by molar-refractivity contribution is 7.09. The van der Waals surface area contributed by atoms with Crippen LogP contribution in [0.5, 0.6) is 0 Å². The maximum Gasteiger partial charge on any atom is 0.320 e. The van der Waals surface area contributed by atoms with Crippen molar-refractivity contribution in [1.29, 1.82) is 0 Å². The molecular weight excluding hydrogens is 238 g/mol. The summed E-state index contributed by atoms with van der Waals surface area (Å²) < 4.78 is 5.26. The zero-order valence-corrected chi connectivity index (χ0v) is 10.4. The SMILES string of the molecule is O=C(O)C(NCc1cccs1)C1CCOCC1. The number of carboxylic acids is 1. The van der Waals surface area contributed by atoms with E-state index in [2.05, 4.69) is 5.32 Å². The molecule has 1 atom stereocenters. The van der Waals surface area contributed by atoms with Gasteiger partial charge in [-0.15, -0.1) is 11.3 Å². The predicted octanol–water partition coefficient (Wildman–Crippen LogP) is 1.72. The lowest BCUT2D eigenvalue weighted by Crippen LogP contribution is -2.44. The Labute approximate surface area is 105 Å². The Balaban J connectivity index is 1.90. The third kappa shape index (κ3) is 3.52. The fraction of sp³-hybridized carbons (Fsp3) is 0.583. The molecule has 2 N–H and O–H groups in total. The summed E-state index contributed by atoms with van der Waals surface area (Å²) in [6.07, 6.45) is 1.66. The van der Waals surface area contributed by atoms with Crippen molar-refractivity contribution in [1.82, 2.24) is 5.32 Å². The standard InChI is InChI=1S/C12H17NO3S/c14-12(15)11(9-3-5-16-6-4-9)13-8-10-2-1-7-17-10/h1-2,7,9,11,13H,3-6,8H2,(H,14,15). The lowest BCUT2D eigenvalue weighted by Gasteiger charge is -2.28. The van der Waals surface area contributed by atoms with Gasteiger partial charge in [0.25, 0.3) is 0 Å². The third-order valence-electron chi connectivity index (χ3n) is 3.08. The van der Waals surface area contributed by atoms with Crippen LogP contribution in [0.1, 0.15) is 17.7 Å². The third-order valence-corrected chi connectivity index (χ3v) is 3.96. The molecule has 1 aromatic rings. The molecule has 1 aromatic heterocycles. The molecule has 4 nitrogen and oxygen atoms in total. The Morgan fingerprint density at radius 2 is 2.35 bits per heavy atom. The second-order valence-electron chi connectivity index (χ2n) is 4.23. The normalized spacial score (nSPS) is 19.1. The minimum atomic E-state index is -0.756. The van der Waals surface area contributed by atoms with Gasteiger partial charge in [0.1, 0.15) is 6.04 Å². The second kappa shape index (κ2) is 6.14. The maximum absolute atomic E-state index is 11.3. The van der Waals surface area contributed by atoms with Crippen LogP contribution in [0.25, 0.3) is 0 Å². The summed E-state index contributed by atoms with van der Waals surface area (Å²) in [6.45, 7) is 1.98. The maximum atomic E-state index is 11.3. The van der Waals surface area contributed by atoms with E-state index < -0.39 is 12.0 Å². The van der Waals surface area contributed by atoms with Crippen LogP contribution >= 0.6 is 11.3 Å². The Kier molecular flexibility index (Phi) is 4.53. The molecule has 0 spiro atoms. The highest BCUT2D eigenvalue weighted by atomic mass is 32.1. The van der Waals surface area contributed by atoms with Crippen LogP contribution in [-0.2, 0) is 16.1 Å². The van der Waals surface area contributed by atoms with E-state index in [4.69, 9.17) is 4.74 Å². The number of ether oxygens (including phenoxy) is 1. The average molecular weight is 255 g/mol. The van der Waals surface area contributed by atoms with Crippen LogP contribution in [0.4, 0.5) is 0 Å². The van der Waals surface area contributed by atoms with Crippen molar-refractivity contribution in [2.75, 3.05) is 13.2 Å². The van der Waals surface area contributed by atoms with E-state index in [1.807, 2.05) is 17.5 Å². The minimum Gasteiger partial charge on any atom is -0.480 e. The van der Waals surface area contributed by atoms with Crippen LogP contribution in [0.2, 0.25) is 0 Å². The van der Waals surface area contributed by atoms with E-state index in [9.17, 15) is 9.90 Å². The van der Waals surface area contributed by atoms with E-state index in [0.717, 1.165) is 12.8 Å². The number of hydrogen-bond acceptors (Lipinski definition) is 4. The Hall–Kier alpha value is -0.910. The Morgan fingerprint density at radius 3 is 2.94 bits per heavy atom. The molecule has 0 aliphatic carbocycles. The number of rotatable bonds is 5. The number of nitrogens with one attached hydrogen (secondary N) is 1. The molecule has 0 saturated carbocycles. The minimum absolute atomic E-state index is 0.182. The first-order valence-corrected chi connectivity index (χ1v) is 6.71. The lowest BCUT2D eigenvalue weighted by atomic mass is 9.92. The van der Waals surface area contributed by atoms with Crippen molar-refractivity contribution in [3.8, 4) is 0 Å². The zero-order valence-electron chi connectivity index (χ0n) is 9.59. The molecule has 0 radical (unpaired) electrons. The molecule has 0 bridgehead atoms. The molecule has 2 rings (SSSR count). The van der Waals surface area contributed by atoms with Crippen molar-refractivity contribution >= 4 is 17.3 Å². The van der Waals surface area contributed by atoms with E-state index in [1.165, 1.54) is 4.88 Å². The molecule has 17 heavy (non-hydrogen) atoms. The van der Waals surface area contributed by atoms with Crippen molar-refractivity contribution < 1.29 is 14.6 Å². The van der Waals surface area contributed by atoms with E-state index in [0.29, 0.717) is 19.8 Å². The van der Waals surface area contributed by atoms with Gasteiger partial charge in [-0.2, -0.15) is 0 Å². The Bertz CT molecular complexity index is 347. The van der Waals surface area contributed by atoms with E-state index in [-0.39, 0.29) is 5.92 Å². The fourth-order valence-electron chi connectivity index (χ4n) is 2.13. The number of hydrogen-bond donors (Lipinski definition) is 2. The van der Waals surface area contributed by atoms with Crippen LogP contribution in [0.15, 0.2) is 17.5 Å². The lowest BCUT2D eigenvalue weighted by molar-refractivity contribution is -0.142. The monoisotopic (exact) mass is 255 g/mol. The van der Waals surface area contributed by atoms with E-state index >= 15 is 0 Å². The quantitative estimate of drug-likeness (QED) is 0.841. The summed E-state index contributed by atoms with van der Waals surface area (Å²) in [6, 6.07) is 3.54. The van der Waals surface area contributed by atoms with Crippen molar-refractivity contribution in [3.63, 3.8) is 0 Å².